The van der Waals surface area contributed by atoms with E-state index in [2.05, 4.69) is 0 Å². The first-order chi connectivity index (χ1) is 11.4. The highest BCUT2D eigenvalue weighted by Gasteiger charge is 2.33. The number of benzene rings is 1. The first kappa shape index (κ1) is 16.3. The molecule has 0 bridgehead atoms. The third-order valence-corrected chi connectivity index (χ3v) is 4.50. The number of carbonyl (C=O) groups excluding carboxylic acids is 1. The lowest BCUT2D eigenvalue weighted by molar-refractivity contribution is -0.117. The molecule has 6 nitrogen and oxygen atoms in total. The molecule has 2 aromatic rings. The number of halogens is 1. The number of para-hydroxylation sites is 1. The van der Waals surface area contributed by atoms with Crippen LogP contribution in [0.1, 0.15) is 28.4 Å². The maximum absolute atomic E-state index is 12.5. The number of carbonyl (C=O) groups is 2. The van der Waals surface area contributed by atoms with Crippen molar-refractivity contribution in [3.63, 3.8) is 0 Å². The molecule has 3 rings (SSSR count). The van der Waals surface area contributed by atoms with Crippen LogP contribution in [0, 0.1) is 6.92 Å². The summed E-state index contributed by atoms with van der Waals surface area (Å²) in [7, 11) is 0. The molecule has 1 N–H and O–H groups in total. The average molecular weight is 347 g/mol. The van der Waals surface area contributed by atoms with E-state index in [1.165, 1.54) is 15.7 Å². The monoisotopic (exact) mass is 346 g/mol. The van der Waals surface area contributed by atoms with Crippen LogP contribution in [0.15, 0.2) is 41.3 Å². The number of anilines is 1. The molecule has 0 saturated carbocycles. The molecule has 0 radical (unpaired) electrons. The van der Waals surface area contributed by atoms with Gasteiger partial charge in [0.15, 0.2) is 0 Å². The van der Waals surface area contributed by atoms with Crippen LogP contribution >= 0.6 is 11.6 Å². The molecule has 1 saturated heterocycles. The number of hydrogen-bond acceptors (Lipinski definition) is 3. The van der Waals surface area contributed by atoms with Gasteiger partial charge in [-0.15, -0.1) is 0 Å². The van der Waals surface area contributed by atoms with E-state index in [1.807, 2.05) is 0 Å². The van der Waals surface area contributed by atoms with E-state index in [-0.39, 0.29) is 24.4 Å². The van der Waals surface area contributed by atoms with Gasteiger partial charge >= 0.3 is 5.97 Å². The van der Waals surface area contributed by atoms with Gasteiger partial charge in [-0.05, 0) is 30.7 Å². The highest BCUT2D eigenvalue weighted by molar-refractivity contribution is 6.33. The van der Waals surface area contributed by atoms with Gasteiger partial charge in [-0.25, -0.2) is 4.79 Å². The molecular weight excluding hydrogens is 332 g/mol. The Bertz CT molecular complexity index is 890. The van der Waals surface area contributed by atoms with Gasteiger partial charge < -0.3 is 14.6 Å². The molecule has 1 aliphatic heterocycles. The summed E-state index contributed by atoms with van der Waals surface area (Å²) in [6.07, 6.45) is 1.66. The SMILES string of the molecule is Cc1ccn(C2CC(=O)N(c3ccccc3Cl)C2)c(=O)c1C(=O)O. The average Bonchev–Trinajstić information content (AvgIpc) is 2.89. The molecule has 1 fully saturated rings. The number of pyridine rings is 1. The Labute approximate surface area is 142 Å². The zero-order valence-corrected chi connectivity index (χ0v) is 13.7. The summed E-state index contributed by atoms with van der Waals surface area (Å²) >= 11 is 6.14. The van der Waals surface area contributed by atoms with Crippen LogP contribution in [0.4, 0.5) is 5.69 Å². The number of aromatic nitrogens is 1. The minimum atomic E-state index is -1.26. The van der Waals surface area contributed by atoms with Gasteiger partial charge in [-0.3, -0.25) is 9.59 Å². The minimum Gasteiger partial charge on any atom is -0.477 e. The van der Waals surface area contributed by atoms with Crippen molar-refractivity contribution in [2.45, 2.75) is 19.4 Å². The number of aryl methyl sites for hydroxylation is 1. The van der Waals surface area contributed by atoms with Crippen LogP contribution in [0.3, 0.4) is 0 Å². The van der Waals surface area contributed by atoms with Crippen molar-refractivity contribution >= 4 is 29.2 Å². The van der Waals surface area contributed by atoms with Gasteiger partial charge in [0.1, 0.15) is 5.56 Å². The van der Waals surface area contributed by atoms with Crippen LogP contribution < -0.4 is 10.5 Å². The topological polar surface area (TPSA) is 79.6 Å². The van der Waals surface area contributed by atoms with Crippen molar-refractivity contribution in [3.8, 4) is 0 Å². The molecule has 1 aromatic carbocycles. The van der Waals surface area contributed by atoms with Crippen molar-refractivity contribution in [1.82, 2.24) is 4.57 Å². The van der Waals surface area contributed by atoms with Crippen molar-refractivity contribution in [2.75, 3.05) is 11.4 Å². The van der Waals surface area contributed by atoms with Crippen molar-refractivity contribution in [3.05, 3.63) is 63.0 Å². The fraction of sp³-hybridized carbons (Fsp3) is 0.235. The molecule has 7 heteroatoms. The van der Waals surface area contributed by atoms with Crippen molar-refractivity contribution in [2.24, 2.45) is 0 Å². The molecule has 0 aliphatic carbocycles. The number of carboxylic acids is 1. The van der Waals surface area contributed by atoms with Gasteiger partial charge in [0.25, 0.3) is 5.56 Å². The number of hydrogen-bond donors (Lipinski definition) is 1. The lowest BCUT2D eigenvalue weighted by Gasteiger charge is -2.19. The van der Waals surface area contributed by atoms with E-state index in [9.17, 15) is 19.5 Å². The van der Waals surface area contributed by atoms with E-state index < -0.39 is 17.6 Å². The Morgan fingerprint density at radius 1 is 1.25 bits per heavy atom. The van der Waals surface area contributed by atoms with Gasteiger partial charge in [0.05, 0.1) is 16.8 Å². The van der Waals surface area contributed by atoms with Gasteiger partial charge in [0, 0.05) is 19.2 Å². The zero-order valence-electron chi connectivity index (χ0n) is 12.9. The second kappa shape index (κ2) is 6.13. The maximum atomic E-state index is 12.5. The molecule has 2 heterocycles. The summed E-state index contributed by atoms with van der Waals surface area (Å²) in [5.74, 6) is -1.42. The molecule has 1 atom stereocenters. The second-order valence-electron chi connectivity index (χ2n) is 5.71. The van der Waals surface area contributed by atoms with E-state index in [1.54, 1.807) is 37.3 Å². The Hall–Kier alpha value is -2.60. The predicted octanol–water partition coefficient (Wildman–Crippen LogP) is 2.49. The first-order valence-corrected chi connectivity index (χ1v) is 7.78. The van der Waals surface area contributed by atoms with Crippen LogP contribution in [0.25, 0.3) is 0 Å². The molecular formula is C17H15ClN2O4. The third-order valence-electron chi connectivity index (χ3n) is 4.18. The minimum absolute atomic E-state index is 0.118. The zero-order chi connectivity index (χ0) is 17.4. The summed E-state index contributed by atoms with van der Waals surface area (Å²) in [6.45, 7) is 1.84. The number of nitrogens with zero attached hydrogens (tertiary/aromatic N) is 2. The second-order valence-corrected chi connectivity index (χ2v) is 6.11. The Morgan fingerprint density at radius 2 is 1.96 bits per heavy atom. The van der Waals surface area contributed by atoms with Crippen LogP contribution in [-0.4, -0.2) is 28.1 Å². The molecule has 1 aromatic heterocycles. The van der Waals surface area contributed by atoms with Crippen LogP contribution in [0.5, 0.6) is 0 Å². The number of aromatic carboxylic acids is 1. The summed E-state index contributed by atoms with van der Waals surface area (Å²) in [4.78, 5) is 37.6. The lowest BCUT2D eigenvalue weighted by Crippen LogP contribution is -2.32. The van der Waals surface area contributed by atoms with Gasteiger partial charge in [-0.1, -0.05) is 23.7 Å². The van der Waals surface area contributed by atoms with E-state index >= 15 is 0 Å². The third kappa shape index (κ3) is 2.69. The number of amides is 1. The van der Waals surface area contributed by atoms with E-state index in [4.69, 9.17) is 11.6 Å². The number of carboxylic acid groups (broad SMARTS) is 1. The van der Waals surface area contributed by atoms with Crippen molar-refractivity contribution in [1.29, 1.82) is 0 Å². The summed E-state index contributed by atoms with van der Waals surface area (Å²) in [5, 5.41) is 9.68. The Morgan fingerprint density at radius 3 is 2.62 bits per heavy atom. The molecule has 0 spiro atoms. The Kier molecular flexibility index (Phi) is 4.15. The summed E-state index contributed by atoms with van der Waals surface area (Å²) in [5.41, 5.74) is 0.128. The van der Waals surface area contributed by atoms with Gasteiger partial charge in [-0.2, -0.15) is 0 Å². The molecule has 1 amide bonds. The normalized spacial score (nSPS) is 17.3. The highest BCUT2D eigenvalue weighted by atomic mass is 35.5. The maximum Gasteiger partial charge on any atom is 0.341 e. The van der Waals surface area contributed by atoms with Crippen molar-refractivity contribution < 1.29 is 14.7 Å². The number of rotatable bonds is 3. The van der Waals surface area contributed by atoms with E-state index in [0.717, 1.165) is 0 Å². The van der Waals surface area contributed by atoms with Crippen LogP contribution in [-0.2, 0) is 4.79 Å². The largest absolute Gasteiger partial charge is 0.477 e. The quantitative estimate of drug-likeness (QED) is 0.926. The van der Waals surface area contributed by atoms with E-state index in [0.29, 0.717) is 16.3 Å². The molecule has 24 heavy (non-hydrogen) atoms. The fourth-order valence-corrected chi connectivity index (χ4v) is 3.20. The molecule has 1 unspecified atom stereocenters. The predicted molar refractivity (Wildman–Crippen MR) is 89.9 cm³/mol. The van der Waals surface area contributed by atoms with Gasteiger partial charge in [0.2, 0.25) is 5.91 Å². The van der Waals surface area contributed by atoms with Crippen LogP contribution in [0.2, 0.25) is 5.02 Å². The summed E-state index contributed by atoms with van der Waals surface area (Å²) in [6, 6.07) is 8.13. The fourth-order valence-electron chi connectivity index (χ4n) is 2.97. The lowest BCUT2D eigenvalue weighted by atomic mass is 10.1. The molecule has 124 valence electrons. The summed E-state index contributed by atoms with van der Waals surface area (Å²) < 4.78 is 1.32. The first-order valence-electron chi connectivity index (χ1n) is 7.40. The Balaban J connectivity index is 1.98. The highest BCUT2D eigenvalue weighted by Crippen LogP contribution is 2.32. The standard InChI is InChI=1S/C17H15ClN2O4/c1-10-6-7-19(16(22)15(10)17(23)24)11-8-14(21)20(9-11)13-5-3-2-4-12(13)18/h2-7,11H,8-9H2,1H3,(H,23,24). The smallest absolute Gasteiger partial charge is 0.341 e. The molecule has 1 aliphatic rings.